The number of benzene rings is 1. The number of alkyl halides is 1. The van der Waals surface area contributed by atoms with Crippen molar-refractivity contribution in [1.82, 2.24) is 15.3 Å². The third-order valence-corrected chi connectivity index (χ3v) is 2.99. The summed E-state index contributed by atoms with van der Waals surface area (Å²) in [5.74, 6) is 0.877. The first-order valence-corrected chi connectivity index (χ1v) is 6.67. The molecule has 0 unspecified atom stereocenters. The summed E-state index contributed by atoms with van der Waals surface area (Å²) < 4.78 is -0.527. The highest BCUT2D eigenvalue weighted by atomic mass is 79.9. The van der Waals surface area contributed by atoms with Crippen molar-refractivity contribution in [3.8, 4) is 0 Å². The molecule has 2 aromatic rings. The number of aromatic nitrogens is 2. The number of nitrogens with one attached hydrogen (secondary N) is 2. The van der Waals surface area contributed by atoms with Crippen LogP contribution in [0.25, 0.3) is 11.0 Å². The van der Waals surface area contributed by atoms with Gasteiger partial charge in [-0.1, -0.05) is 28.1 Å². The van der Waals surface area contributed by atoms with Gasteiger partial charge in [-0.15, -0.1) is 0 Å². The van der Waals surface area contributed by atoms with Crippen molar-refractivity contribution < 1.29 is 4.79 Å². The van der Waals surface area contributed by atoms with E-state index in [1.807, 2.05) is 38.1 Å². The lowest BCUT2D eigenvalue weighted by Crippen LogP contribution is -2.38. The van der Waals surface area contributed by atoms with E-state index in [1.165, 1.54) is 0 Å². The van der Waals surface area contributed by atoms with Gasteiger partial charge in [-0.05, 0) is 26.0 Å². The minimum absolute atomic E-state index is 0.0152. The molecule has 1 amide bonds. The van der Waals surface area contributed by atoms with Crippen LogP contribution >= 0.6 is 15.9 Å². The number of H-pyrrole nitrogens is 1. The number of fused-ring (bicyclic) bond motifs is 1. The van der Waals surface area contributed by atoms with Crippen LogP contribution in [0, 0.1) is 0 Å². The molecule has 2 N–H and O–H groups in total. The van der Waals surface area contributed by atoms with Gasteiger partial charge in [0.2, 0.25) is 5.91 Å². The number of hydrogen-bond acceptors (Lipinski definition) is 2. The molecule has 0 aliphatic rings. The average molecular weight is 310 g/mol. The number of carbonyl (C=O) groups excluding carboxylic acids is 1. The third-order valence-electron chi connectivity index (χ3n) is 2.63. The van der Waals surface area contributed by atoms with E-state index < -0.39 is 4.32 Å². The van der Waals surface area contributed by atoms with Crippen molar-refractivity contribution >= 4 is 32.9 Å². The summed E-state index contributed by atoms with van der Waals surface area (Å²) in [6, 6.07) is 7.89. The smallest absolute Gasteiger partial charge is 0.236 e. The van der Waals surface area contributed by atoms with Gasteiger partial charge in [0.05, 0.1) is 15.4 Å². The van der Waals surface area contributed by atoms with Gasteiger partial charge in [-0.3, -0.25) is 4.79 Å². The molecule has 1 heterocycles. The number of carbonyl (C=O) groups is 1. The van der Waals surface area contributed by atoms with E-state index in [2.05, 4.69) is 31.2 Å². The molecule has 0 bridgehead atoms. The first-order chi connectivity index (χ1) is 8.47. The van der Waals surface area contributed by atoms with Crippen molar-refractivity contribution in [2.75, 3.05) is 6.54 Å². The molecule has 0 fully saturated rings. The van der Waals surface area contributed by atoms with Crippen molar-refractivity contribution in [3.05, 3.63) is 30.1 Å². The SMILES string of the molecule is CC(C)(Br)C(=O)NCCc1nc2ccccc2[nH]1. The summed E-state index contributed by atoms with van der Waals surface area (Å²) in [7, 11) is 0. The molecule has 1 aromatic heterocycles. The Bertz CT molecular complexity index is 524. The minimum Gasteiger partial charge on any atom is -0.354 e. The van der Waals surface area contributed by atoms with E-state index >= 15 is 0 Å². The van der Waals surface area contributed by atoms with Crippen LogP contribution in [0.4, 0.5) is 0 Å². The van der Waals surface area contributed by atoms with Gasteiger partial charge in [-0.2, -0.15) is 0 Å². The van der Waals surface area contributed by atoms with Crippen molar-refractivity contribution in [2.45, 2.75) is 24.6 Å². The van der Waals surface area contributed by atoms with E-state index in [9.17, 15) is 4.79 Å². The molecule has 0 atom stereocenters. The predicted molar refractivity (Wildman–Crippen MR) is 75.8 cm³/mol. The van der Waals surface area contributed by atoms with Gasteiger partial charge in [0.1, 0.15) is 5.82 Å². The van der Waals surface area contributed by atoms with Gasteiger partial charge in [0.15, 0.2) is 0 Å². The largest absolute Gasteiger partial charge is 0.354 e. The third kappa shape index (κ3) is 3.10. The monoisotopic (exact) mass is 309 g/mol. The second-order valence-corrected chi connectivity index (χ2v) is 6.66. The van der Waals surface area contributed by atoms with Crippen LogP contribution in [0.1, 0.15) is 19.7 Å². The molecular weight excluding hydrogens is 294 g/mol. The second kappa shape index (κ2) is 5.10. The lowest BCUT2D eigenvalue weighted by Gasteiger charge is -2.15. The summed E-state index contributed by atoms with van der Waals surface area (Å²) in [5, 5.41) is 2.87. The fourth-order valence-electron chi connectivity index (χ4n) is 1.63. The Morgan fingerprint density at radius 1 is 1.44 bits per heavy atom. The molecule has 0 aliphatic heterocycles. The predicted octanol–water partition coefficient (Wildman–Crippen LogP) is 2.40. The van der Waals surface area contributed by atoms with Gasteiger partial charge >= 0.3 is 0 Å². The van der Waals surface area contributed by atoms with Crippen LogP contribution in [0.2, 0.25) is 0 Å². The molecule has 0 saturated heterocycles. The molecular formula is C13H16BrN3O. The fraction of sp³-hybridized carbons (Fsp3) is 0.385. The number of aromatic amines is 1. The maximum absolute atomic E-state index is 11.6. The first kappa shape index (κ1) is 13.1. The molecule has 0 saturated carbocycles. The summed E-state index contributed by atoms with van der Waals surface area (Å²) >= 11 is 3.32. The topological polar surface area (TPSA) is 57.8 Å². The quantitative estimate of drug-likeness (QED) is 0.852. The molecule has 0 spiro atoms. The molecule has 5 heteroatoms. The molecule has 2 rings (SSSR count). The average Bonchev–Trinajstić information content (AvgIpc) is 2.70. The van der Waals surface area contributed by atoms with Crippen LogP contribution in [-0.4, -0.2) is 26.7 Å². The molecule has 0 radical (unpaired) electrons. The van der Waals surface area contributed by atoms with Crippen molar-refractivity contribution in [3.63, 3.8) is 0 Å². The number of hydrogen-bond donors (Lipinski definition) is 2. The van der Waals surface area contributed by atoms with Gasteiger partial charge in [0.25, 0.3) is 0 Å². The Morgan fingerprint density at radius 3 is 2.83 bits per heavy atom. The molecule has 0 aliphatic carbocycles. The zero-order valence-electron chi connectivity index (χ0n) is 10.5. The standard InChI is InChI=1S/C13H16BrN3O/c1-13(2,14)12(18)15-8-7-11-16-9-5-3-4-6-10(9)17-11/h3-6H,7-8H2,1-2H3,(H,15,18)(H,16,17). The zero-order valence-corrected chi connectivity index (χ0v) is 12.0. The Hall–Kier alpha value is -1.36. The van der Waals surface area contributed by atoms with Crippen molar-refractivity contribution in [1.29, 1.82) is 0 Å². The Morgan fingerprint density at radius 2 is 2.17 bits per heavy atom. The minimum atomic E-state index is -0.527. The van der Waals surface area contributed by atoms with E-state index in [4.69, 9.17) is 0 Å². The van der Waals surface area contributed by atoms with E-state index in [1.54, 1.807) is 0 Å². The Kier molecular flexibility index (Phi) is 3.71. The zero-order chi connectivity index (χ0) is 13.2. The van der Waals surface area contributed by atoms with Crippen LogP contribution < -0.4 is 5.32 Å². The summed E-state index contributed by atoms with van der Waals surface area (Å²) in [6.07, 6.45) is 0.698. The van der Waals surface area contributed by atoms with Gasteiger partial charge < -0.3 is 10.3 Å². The molecule has 96 valence electrons. The summed E-state index contributed by atoms with van der Waals surface area (Å²) in [5.41, 5.74) is 1.99. The van der Waals surface area contributed by atoms with Crippen LogP contribution in [0.5, 0.6) is 0 Å². The van der Waals surface area contributed by atoms with Gasteiger partial charge in [-0.25, -0.2) is 4.98 Å². The Balaban J connectivity index is 1.93. The van der Waals surface area contributed by atoms with Gasteiger partial charge in [0, 0.05) is 13.0 Å². The summed E-state index contributed by atoms with van der Waals surface area (Å²) in [6.45, 7) is 4.22. The number of halogens is 1. The van der Waals surface area contributed by atoms with Crippen molar-refractivity contribution in [2.24, 2.45) is 0 Å². The number of para-hydroxylation sites is 2. The number of imidazole rings is 1. The maximum atomic E-state index is 11.6. The fourth-order valence-corrected chi connectivity index (χ4v) is 1.77. The molecule has 1 aromatic carbocycles. The lowest BCUT2D eigenvalue weighted by molar-refractivity contribution is -0.122. The highest BCUT2D eigenvalue weighted by molar-refractivity contribution is 9.10. The normalized spacial score (nSPS) is 11.7. The second-order valence-electron chi connectivity index (χ2n) is 4.68. The van der Waals surface area contributed by atoms with E-state index in [0.29, 0.717) is 13.0 Å². The van der Waals surface area contributed by atoms with E-state index in [0.717, 1.165) is 16.9 Å². The van der Waals surface area contributed by atoms with Crippen LogP contribution in [-0.2, 0) is 11.2 Å². The number of nitrogens with zero attached hydrogens (tertiary/aromatic N) is 1. The molecule has 18 heavy (non-hydrogen) atoms. The number of rotatable bonds is 4. The highest BCUT2D eigenvalue weighted by Crippen LogP contribution is 2.15. The van der Waals surface area contributed by atoms with Crippen LogP contribution in [0.15, 0.2) is 24.3 Å². The highest BCUT2D eigenvalue weighted by Gasteiger charge is 2.22. The maximum Gasteiger partial charge on any atom is 0.236 e. The van der Waals surface area contributed by atoms with Crippen LogP contribution in [0.3, 0.4) is 0 Å². The summed E-state index contributed by atoms with van der Waals surface area (Å²) in [4.78, 5) is 19.3. The number of amides is 1. The molecule has 4 nitrogen and oxygen atoms in total. The van der Waals surface area contributed by atoms with E-state index in [-0.39, 0.29) is 5.91 Å². The Labute approximate surface area is 114 Å². The first-order valence-electron chi connectivity index (χ1n) is 5.87. The lowest BCUT2D eigenvalue weighted by atomic mass is 10.2.